The van der Waals surface area contributed by atoms with Crippen molar-refractivity contribution in [3.63, 3.8) is 0 Å². The Morgan fingerprint density at radius 1 is 0.724 bits per heavy atom. The molecule has 0 heterocycles. The molecule has 1 aromatic rings. The number of aryl methyl sites for hydroxylation is 1. The van der Waals surface area contributed by atoms with Gasteiger partial charge in [0.15, 0.2) is 0 Å². The predicted molar refractivity (Wildman–Crippen MR) is 109 cm³/mol. The lowest BCUT2D eigenvalue weighted by molar-refractivity contribution is -0.0111. The van der Waals surface area contributed by atoms with Crippen molar-refractivity contribution in [1.29, 1.82) is 0 Å². The van der Waals surface area contributed by atoms with Gasteiger partial charge < -0.3 is 23.7 Å². The third-order valence-electron chi connectivity index (χ3n) is 3.50. The molecule has 0 saturated heterocycles. The Balaban J connectivity index is 1.86. The van der Waals surface area contributed by atoms with Crippen molar-refractivity contribution in [3.05, 3.63) is 42.5 Å². The first kappa shape index (κ1) is 25.7. The number of hydrogen-bond acceptors (Lipinski definition) is 8. The van der Waals surface area contributed by atoms with Crippen molar-refractivity contribution in [2.24, 2.45) is 0 Å². The van der Waals surface area contributed by atoms with Gasteiger partial charge in [-0.15, -0.1) is 6.58 Å². The highest BCUT2D eigenvalue weighted by Gasteiger charge is 2.14. The van der Waals surface area contributed by atoms with Crippen molar-refractivity contribution in [3.8, 4) is 0 Å². The summed E-state index contributed by atoms with van der Waals surface area (Å²) in [5.41, 5.74) is 0.982. The minimum absolute atomic E-state index is 0.0437. The van der Waals surface area contributed by atoms with Gasteiger partial charge in [0.05, 0.1) is 77.6 Å². The molecule has 1 aromatic carbocycles. The zero-order chi connectivity index (χ0) is 21.2. The standard InChI is InChI=1S/C20H32O8S/c1-3-8-23-9-10-24-11-12-25-13-14-26-15-16-27-17-18-28-29(21,22)20-6-4-19(2)5-7-20/h3-7H,1,8-18H2,2H3. The lowest BCUT2D eigenvalue weighted by Crippen LogP contribution is -2.15. The van der Waals surface area contributed by atoms with Crippen LogP contribution in [0.1, 0.15) is 5.56 Å². The fourth-order valence-corrected chi connectivity index (χ4v) is 2.91. The molecular weight excluding hydrogens is 400 g/mol. The van der Waals surface area contributed by atoms with E-state index in [2.05, 4.69) is 6.58 Å². The maximum Gasteiger partial charge on any atom is 0.297 e. The first-order chi connectivity index (χ1) is 14.1. The lowest BCUT2D eigenvalue weighted by Gasteiger charge is -2.08. The van der Waals surface area contributed by atoms with Gasteiger partial charge in [-0.1, -0.05) is 23.8 Å². The Kier molecular flexibility index (Phi) is 14.6. The molecule has 0 saturated carbocycles. The van der Waals surface area contributed by atoms with E-state index in [0.29, 0.717) is 59.5 Å². The minimum Gasteiger partial charge on any atom is -0.377 e. The largest absolute Gasteiger partial charge is 0.377 e. The van der Waals surface area contributed by atoms with Crippen LogP contribution in [0.15, 0.2) is 41.8 Å². The summed E-state index contributed by atoms with van der Waals surface area (Å²) in [4.78, 5) is 0.137. The van der Waals surface area contributed by atoms with Gasteiger partial charge >= 0.3 is 0 Å². The molecule has 0 aliphatic heterocycles. The van der Waals surface area contributed by atoms with Crippen molar-refractivity contribution in [1.82, 2.24) is 0 Å². The molecule has 0 aliphatic rings. The van der Waals surface area contributed by atoms with Gasteiger partial charge in [0.1, 0.15) is 0 Å². The van der Waals surface area contributed by atoms with E-state index >= 15 is 0 Å². The molecule has 0 N–H and O–H groups in total. The third kappa shape index (κ3) is 13.5. The van der Waals surface area contributed by atoms with E-state index in [-0.39, 0.29) is 18.1 Å². The Hall–Kier alpha value is -1.33. The van der Waals surface area contributed by atoms with Gasteiger partial charge in [-0.3, -0.25) is 4.18 Å². The summed E-state index contributed by atoms with van der Waals surface area (Å²) >= 11 is 0. The molecule has 0 aromatic heterocycles. The smallest absolute Gasteiger partial charge is 0.297 e. The van der Waals surface area contributed by atoms with Crippen LogP contribution in [0.2, 0.25) is 0 Å². The summed E-state index contributed by atoms with van der Waals surface area (Å²) < 4.78 is 55.4. The molecule has 0 bridgehead atoms. The zero-order valence-electron chi connectivity index (χ0n) is 17.0. The van der Waals surface area contributed by atoms with Crippen molar-refractivity contribution in [2.45, 2.75) is 11.8 Å². The van der Waals surface area contributed by atoms with Crippen molar-refractivity contribution >= 4 is 10.1 Å². The molecule has 9 heteroatoms. The molecule has 0 atom stereocenters. The Bertz CT molecular complexity index is 630. The SMILES string of the molecule is C=CCOCCOCCOCCOCCOCCOS(=O)(=O)c1ccc(C)cc1. The summed E-state index contributed by atoms with van der Waals surface area (Å²) in [6, 6.07) is 6.49. The van der Waals surface area contributed by atoms with E-state index in [1.807, 2.05) is 6.92 Å². The molecule has 0 spiro atoms. The summed E-state index contributed by atoms with van der Waals surface area (Å²) in [5, 5.41) is 0. The molecule has 0 amide bonds. The monoisotopic (exact) mass is 432 g/mol. The normalized spacial score (nSPS) is 11.6. The Morgan fingerprint density at radius 2 is 1.14 bits per heavy atom. The topological polar surface area (TPSA) is 89.5 Å². The van der Waals surface area contributed by atoms with Crippen molar-refractivity contribution in [2.75, 3.05) is 72.7 Å². The van der Waals surface area contributed by atoms with Crippen molar-refractivity contribution < 1.29 is 36.3 Å². The lowest BCUT2D eigenvalue weighted by atomic mass is 10.2. The van der Waals surface area contributed by atoms with Gasteiger partial charge in [0, 0.05) is 0 Å². The Morgan fingerprint density at radius 3 is 1.59 bits per heavy atom. The second-order valence-corrected chi connectivity index (χ2v) is 7.52. The van der Waals surface area contributed by atoms with Crippen LogP contribution in [0.5, 0.6) is 0 Å². The van der Waals surface area contributed by atoms with E-state index in [0.717, 1.165) is 5.56 Å². The van der Waals surface area contributed by atoms with Crippen LogP contribution < -0.4 is 0 Å². The van der Waals surface area contributed by atoms with Gasteiger partial charge in [-0.05, 0) is 19.1 Å². The second kappa shape index (κ2) is 16.5. The number of benzene rings is 1. The molecular formula is C20H32O8S. The maximum atomic E-state index is 12.0. The molecule has 0 unspecified atom stereocenters. The molecule has 1 rings (SSSR count). The average molecular weight is 433 g/mol. The summed E-state index contributed by atoms with van der Waals surface area (Å²) in [7, 11) is -3.75. The van der Waals surface area contributed by atoms with Crippen LogP contribution in [0.3, 0.4) is 0 Å². The number of ether oxygens (including phenoxy) is 5. The van der Waals surface area contributed by atoms with E-state index in [1.165, 1.54) is 12.1 Å². The van der Waals surface area contributed by atoms with Crippen LogP contribution in [0, 0.1) is 6.92 Å². The summed E-state index contributed by atoms with van der Waals surface area (Å²) in [6.45, 7) is 9.82. The molecule has 0 aliphatic carbocycles. The summed E-state index contributed by atoms with van der Waals surface area (Å²) in [6.07, 6.45) is 1.69. The highest BCUT2D eigenvalue weighted by molar-refractivity contribution is 7.86. The molecule has 0 fully saturated rings. The first-order valence-corrected chi connectivity index (χ1v) is 10.9. The van der Waals surface area contributed by atoms with Gasteiger partial charge in [-0.2, -0.15) is 8.42 Å². The minimum atomic E-state index is -3.75. The highest BCUT2D eigenvalue weighted by atomic mass is 32.2. The molecule has 166 valence electrons. The average Bonchev–Trinajstić information content (AvgIpc) is 2.70. The van der Waals surface area contributed by atoms with E-state index in [1.54, 1.807) is 18.2 Å². The predicted octanol–water partition coefficient (Wildman–Crippen LogP) is 1.97. The second-order valence-electron chi connectivity index (χ2n) is 5.90. The van der Waals surface area contributed by atoms with E-state index < -0.39 is 10.1 Å². The quantitative estimate of drug-likeness (QED) is 0.186. The van der Waals surface area contributed by atoms with Crippen LogP contribution in [0.4, 0.5) is 0 Å². The fraction of sp³-hybridized carbons (Fsp3) is 0.600. The van der Waals surface area contributed by atoms with Crippen LogP contribution in [-0.4, -0.2) is 81.1 Å². The van der Waals surface area contributed by atoms with Gasteiger partial charge in [0.25, 0.3) is 10.1 Å². The van der Waals surface area contributed by atoms with Gasteiger partial charge in [0.2, 0.25) is 0 Å². The molecule has 0 radical (unpaired) electrons. The number of hydrogen-bond donors (Lipinski definition) is 0. The molecule has 29 heavy (non-hydrogen) atoms. The fourth-order valence-electron chi connectivity index (χ4n) is 2.02. The summed E-state index contributed by atoms with van der Waals surface area (Å²) in [5.74, 6) is 0. The third-order valence-corrected chi connectivity index (χ3v) is 4.83. The van der Waals surface area contributed by atoms with Gasteiger partial charge in [-0.25, -0.2) is 0 Å². The molecule has 8 nitrogen and oxygen atoms in total. The van der Waals surface area contributed by atoms with Crippen LogP contribution >= 0.6 is 0 Å². The van der Waals surface area contributed by atoms with E-state index in [4.69, 9.17) is 27.9 Å². The number of rotatable bonds is 19. The Labute approximate surface area is 173 Å². The highest BCUT2D eigenvalue weighted by Crippen LogP contribution is 2.12. The van der Waals surface area contributed by atoms with E-state index in [9.17, 15) is 8.42 Å². The zero-order valence-corrected chi connectivity index (χ0v) is 17.9. The first-order valence-electron chi connectivity index (χ1n) is 9.52. The maximum absolute atomic E-state index is 12.0. The van der Waals surface area contributed by atoms with Crippen LogP contribution in [-0.2, 0) is 38.0 Å². The van der Waals surface area contributed by atoms with Crippen LogP contribution in [0.25, 0.3) is 0 Å².